The molecule has 28 heavy (non-hydrogen) atoms. The van der Waals surface area contributed by atoms with Gasteiger partial charge in [0.25, 0.3) is 0 Å². The molecular formula is C16H32IN5O4S2. The third-order valence-electron chi connectivity index (χ3n) is 4.41. The normalized spacial score (nSPS) is 19.1. The molecule has 1 N–H and O–H groups in total. The minimum atomic E-state index is -3.25. The number of rotatable bonds is 6. The van der Waals surface area contributed by atoms with Gasteiger partial charge in [-0.05, 0) is 13.8 Å². The number of sulfonamides is 1. The molecule has 2 aliphatic rings. The molecule has 0 atom stereocenters. The molecule has 9 nitrogen and oxygen atoms in total. The minimum absolute atomic E-state index is 0. The first-order valence-electron chi connectivity index (χ1n) is 9.48. The van der Waals surface area contributed by atoms with Crippen LogP contribution in [0.4, 0.5) is 4.79 Å². The molecule has 2 fully saturated rings. The van der Waals surface area contributed by atoms with Crippen molar-refractivity contribution in [2.24, 2.45) is 4.99 Å². The molecule has 0 radical (unpaired) electrons. The van der Waals surface area contributed by atoms with Gasteiger partial charge in [0.15, 0.2) is 5.96 Å². The van der Waals surface area contributed by atoms with E-state index in [1.807, 2.05) is 6.92 Å². The number of carbonyl (C=O) groups is 1. The summed E-state index contributed by atoms with van der Waals surface area (Å²) in [7, 11) is -3.25. The lowest BCUT2D eigenvalue weighted by molar-refractivity contribution is 0.0914. The fraction of sp³-hybridized carbons (Fsp3) is 0.875. The maximum atomic E-state index is 12.4. The number of guanidine groups is 1. The van der Waals surface area contributed by atoms with Gasteiger partial charge in [0.2, 0.25) is 10.0 Å². The van der Waals surface area contributed by atoms with Crippen LogP contribution in [0.3, 0.4) is 0 Å². The molecule has 0 aliphatic carbocycles. The second kappa shape index (κ2) is 13.0. The fourth-order valence-electron chi connectivity index (χ4n) is 2.96. The van der Waals surface area contributed by atoms with Crippen molar-refractivity contribution in [3.05, 3.63) is 0 Å². The Morgan fingerprint density at radius 2 is 1.68 bits per heavy atom. The highest BCUT2D eigenvalue weighted by Crippen LogP contribution is 2.13. The highest BCUT2D eigenvalue weighted by atomic mass is 127. The summed E-state index contributed by atoms with van der Waals surface area (Å²) in [4.78, 5) is 20.1. The van der Waals surface area contributed by atoms with Crippen molar-refractivity contribution in [3.8, 4) is 0 Å². The van der Waals surface area contributed by atoms with E-state index in [0.717, 1.165) is 11.5 Å². The number of nitrogens with zero attached hydrogens (tertiary/aromatic N) is 4. The van der Waals surface area contributed by atoms with Crippen molar-refractivity contribution in [3.63, 3.8) is 0 Å². The summed E-state index contributed by atoms with van der Waals surface area (Å²) in [6, 6.07) is 0. The van der Waals surface area contributed by atoms with Gasteiger partial charge in [0, 0.05) is 57.3 Å². The number of thioether (sulfide) groups is 1. The van der Waals surface area contributed by atoms with Crippen LogP contribution in [0, 0.1) is 0 Å². The first kappa shape index (κ1) is 25.6. The number of piperazine rings is 1. The van der Waals surface area contributed by atoms with Gasteiger partial charge < -0.3 is 19.9 Å². The number of aliphatic imine (C=N–C) groups is 1. The summed E-state index contributed by atoms with van der Waals surface area (Å²) >= 11 is 1.79. The van der Waals surface area contributed by atoms with Crippen LogP contribution in [0.5, 0.6) is 0 Å². The van der Waals surface area contributed by atoms with E-state index in [2.05, 4.69) is 15.2 Å². The van der Waals surface area contributed by atoms with Crippen molar-refractivity contribution in [1.82, 2.24) is 19.4 Å². The minimum Gasteiger partial charge on any atom is -0.450 e. The molecule has 0 bridgehead atoms. The Bertz CT molecular complexity index is 606. The molecule has 2 rings (SSSR count). The molecule has 164 valence electrons. The van der Waals surface area contributed by atoms with E-state index in [1.54, 1.807) is 27.9 Å². The largest absolute Gasteiger partial charge is 0.450 e. The van der Waals surface area contributed by atoms with E-state index in [-0.39, 0.29) is 42.4 Å². The molecule has 2 heterocycles. The first-order valence-corrected chi connectivity index (χ1v) is 12.2. The monoisotopic (exact) mass is 549 g/mol. The zero-order valence-corrected chi connectivity index (χ0v) is 20.6. The Labute approximate surface area is 189 Å². The maximum absolute atomic E-state index is 12.4. The quantitative estimate of drug-likeness (QED) is 0.297. The van der Waals surface area contributed by atoms with Crippen LogP contribution in [0.25, 0.3) is 0 Å². The van der Waals surface area contributed by atoms with Crippen molar-refractivity contribution in [2.75, 3.05) is 76.2 Å². The van der Waals surface area contributed by atoms with E-state index in [4.69, 9.17) is 4.74 Å². The zero-order valence-electron chi connectivity index (χ0n) is 16.6. The van der Waals surface area contributed by atoms with Crippen LogP contribution in [-0.4, -0.2) is 111 Å². The van der Waals surface area contributed by atoms with Gasteiger partial charge in [-0.2, -0.15) is 11.8 Å². The van der Waals surface area contributed by atoms with Crippen LogP contribution >= 0.6 is 35.7 Å². The summed E-state index contributed by atoms with van der Waals surface area (Å²) in [5.74, 6) is 2.44. The standard InChI is InChI=1S/C16H31N5O4S2.HI/c1-3-17-15(19-6-8-20(9-7-19)16(22)25-4-2)18-5-14-27(23,24)21-10-12-26-13-11-21;/h3-14H2,1-2H3,(H,17,18);1H. The summed E-state index contributed by atoms with van der Waals surface area (Å²) in [6.07, 6.45) is -0.287. The molecule has 12 heteroatoms. The Kier molecular flexibility index (Phi) is 11.8. The Morgan fingerprint density at radius 1 is 1.07 bits per heavy atom. The van der Waals surface area contributed by atoms with Crippen molar-refractivity contribution >= 4 is 57.8 Å². The molecule has 0 spiro atoms. The van der Waals surface area contributed by atoms with Crippen LogP contribution in [0.2, 0.25) is 0 Å². The Hall–Kier alpha value is -0.470. The third-order valence-corrected chi connectivity index (χ3v) is 7.21. The molecule has 1 amide bonds. The molecular weight excluding hydrogens is 517 g/mol. The summed E-state index contributed by atoms with van der Waals surface area (Å²) in [5, 5.41) is 3.22. The zero-order chi connectivity index (χ0) is 19.7. The molecule has 0 aromatic rings. The second-order valence-corrected chi connectivity index (χ2v) is 9.55. The van der Waals surface area contributed by atoms with Crippen LogP contribution in [0.1, 0.15) is 13.8 Å². The van der Waals surface area contributed by atoms with Gasteiger partial charge in [-0.15, -0.1) is 24.0 Å². The number of nitrogens with one attached hydrogen (secondary N) is 1. The lowest BCUT2D eigenvalue weighted by Gasteiger charge is -2.36. The van der Waals surface area contributed by atoms with Crippen LogP contribution < -0.4 is 5.32 Å². The summed E-state index contributed by atoms with van der Waals surface area (Å²) in [6.45, 7) is 8.65. The third kappa shape index (κ3) is 7.75. The summed E-state index contributed by atoms with van der Waals surface area (Å²) < 4.78 is 31.5. The number of carbonyl (C=O) groups excluding carboxylic acids is 1. The lowest BCUT2D eigenvalue weighted by atomic mass is 10.3. The summed E-state index contributed by atoms with van der Waals surface area (Å²) in [5.41, 5.74) is 0. The van der Waals surface area contributed by atoms with Crippen molar-refractivity contribution in [2.45, 2.75) is 13.8 Å². The second-order valence-electron chi connectivity index (χ2n) is 6.24. The van der Waals surface area contributed by atoms with Crippen LogP contribution in [-0.2, 0) is 14.8 Å². The molecule has 2 aliphatic heterocycles. The van der Waals surface area contributed by atoms with E-state index < -0.39 is 10.0 Å². The van der Waals surface area contributed by atoms with Gasteiger partial charge in [0.1, 0.15) is 0 Å². The fourth-order valence-corrected chi connectivity index (χ4v) is 5.42. The predicted octanol–water partition coefficient (Wildman–Crippen LogP) is 0.723. The Balaban J connectivity index is 0.00000392. The van der Waals surface area contributed by atoms with Gasteiger partial charge in [-0.1, -0.05) is 0 Å². The van der Waals surface area contributed by atoms with Crippen molar-refractivity contribution < 1.29 is 17.9 Å². The smallest absolute Gasteiger partial charge is 0.409 e. The highest BCUT2D eigenvalue weighted by Gasteiger charge is 2.25. The van der Waals surface area contributed by atoms with Gasteiger partial charge >= 0.3 is 6.09 Å². The number of amides is 1. The Morgan fingerprint density at radius 3 is 2.25 bits per heavy atom. The molecule has 0 unspecified atom stereocenters. The maximum Gasteiger partial charge on any atom is 0.409 e. The van der Waals surface area contributed by atoms with Gasteiger partial charge in [0.05, 0.1) is 18.9 Å². The molecule has 0 aromatic carbocycles. The molecule has 0 saturated carbocycles. The lowest BCUT2D eigenvalue weighted by Crippen LogP contribution is -2.54. The van der Waals surface area contributed by atoms with Crippen LogP contribution in [0.15, 0.2) is 4.99 Å². The first-order chi connectivity index (χ1) is 13.0. The average Bonchev–Trinajstić information content (AvgIpc) is 2.68. The number of hydrogen-bond acceptors (Lipinski definition) is 6. The van der Waals surface area contributed by atoms with E-state index in [9.17, 15) is 13.2 Å². The van der Waals surface area contributed by atoms with Crippen molar-refractivity contribution in [1.29, 1.82) is 0 Å². The molecule has 2 saturated heterocycles. The van der Waals surface area contributed by atoms with Gasteiger partial charge in [-0.25, -0.2) is 17.5 Å². The topological polar surface area (TPSA) is 94.5 Å². The number of halogens is 1. The average molecular weight is 550 g/mol. The van der Waals surface area contributed by atoms with E-state index >= 15 is 0 Å². The van der Waals surface area contributed by atoms with Gasteiger partial charge in [-0.3, -0.25) is 4.99 Å². The highest BCUT2D eigenvalue weighted by molar-refractivity contribution is 14.0. The van der Waals surface area contributed by atoms with E-state index in [0.29, 0.717) is 58.4 Å². The molecule has 0 aromatic heterocycles. The SMILES string of the molecule is CCNC(=NCCS(=O)(=O)N1CCSCC1)N1CCN(C(=O)OCC)CC1.I. The number of hydrogen-bond donors (Lipinski definition) is 1. The van der Waals surface area contributed by atoms with E-state index in [1.165, 1.54) is 0 Å². The predicted molar refractivity (Wildman–Crippen MR) is 124 cm³/mol. The number of ether oxygens (including phenoxy) is 1.